The normalized spacial score (nSPS) is 21.8. The number of methoxy groups -OCH3 is 1. The van der Waals surface area contributed by atoms with Gasteiger partial charge in [0.25, 0.3) is 0 Å². The molecule has 8 heteroatoms. The molecular formula is C16H21NO6S. The number of sulfonamides is 1. The molecule has 0 aromatic heterocycles. The fourth-order valence-electron chi connectivity index (χ4n) is 3.00. The summed E-state index contributed by atoms with van der Waals surface area (Å²) in [5.41, 5.74) is 0. The maximum Gasteiger partial charge on any atom is 0.324 e. The van der Waals surface area contributed by atoms with Crippen LogP contribution in [0.3, 0.4) is 0 Å². The molecule has 0 aliphatic carbocycles. The van der Waals surface area contributed by atoms with Gasteiger partial charge in [0.1, 0.15) is 6.04 Å². The van der Waals surface area contributed by atoms with E-state index in [4.69, 9.17) is 14.2 Å². The third-order valence-electron chi connectivity index (χ3n) is 4.25. The van der Waals surface area contributed by atoms with Crippen LogP contribution in [0.1, 0.15) is 25.7 Å². The smallest absolute Gasteiger partial charge is 0.324 e. The van der Waals surface area contributed by atoms with Crippen molar-refractivity contribution in [2.45, 2.75) is 36.6 Å². The molecule has 0 bridgehead atoms. The first-order chi connectivity index (χ1) is 11.5. The van der Waals surface area contributed by atoms with Gasteiger partial charge in [0, 0.05) is 19.0 Å². The minimum absolute atomic E-state index is 0.0996. The van der Waals surface area contributed by atoms with Gasteiger partial charge in [-0.3, -0.25) is 4.79 Å². The average Bonchev–Trinajstić information content (AvgIpc) is 2.85. The van der Waals surface area contributed by atoms with E-state index in [1.807, 2.05) is 0 Å². The topological polar surface area (TPSA) is 82.1 Å². The number of fused-ring (bicyclic) bond motifs is 1. The summed E-state index contributed by atoms with van der Waals surface area (Å²) in [6.45, 7) is 1.32. The molecule has 0 amide bonds. The van der Waals surface area contributed by atoms with Crippen molar-refractivity contribution >= 4 is 16.0 Å². The molecule has 0 spiro atoms. The lowest BCUT2D eigenvalue weighted by molar-refractivity contribution is -0.146. The fourth-order valence-corrected chi connectivity index (χ4v) is 4.67. The number of esters is 1. The van der Waals surface area contributed by atoms with Crippen LogP contribution in [-0.4, -0.2) is 51.6 Å². The standard InChI is InChI=1S/C16H21NO6S/c1-21-16(18)13-5-2-3-8-17(13)24(19,20)12-6-7-14-15(11-12)23-10-4-9-22-14/h6-7,11,13H,2-5,8-10H2,1H3/t13-/m1/s1. The maximum atomic E-state index is 13.0. The van der Waals surface area contributed by atoms with Crippen LogP contribution in [0.4, 0.5) is 0 Å². The van der Waals surface area contributed by atoms with Crippen LogP contribution in [0.15, 0.2) is 23.1 Å². The number of piperidine rings is 1. The Morgan fingerprint density at radius 3 is 2.67 bits per heavy atom. The molecule has 0 saturated carbocycles. The molecule has 0 N–H and O–H groups in total. The first kappa shape index (κ1) is 17.0. The van der Waals surface area contributed by atoms with Crippen LogP contribution in [0, 0.1) is 0 Å². The molecule has 1 saturated heterocycles. The summed E-state index contributed by atoms with van der Waals surface area (Å²) < 4.78 is 43.1. The first-order valence-corrected chi connectivity index (χ1v) is 9.47. The Labute approximate surface area is 141 Å². The van der Waals surface area contributed by atoms with Crippen molar-refractivity contribution in [2.24, 2.45) is 0 Å². The van der Waals surface area contributed by atoms with Gasteiger partial charge in [-0.1, -0.05) is 0 Å². The van der Waals surface area contributed by atoms with Crippen molar-refractivity contribution in [3.05, 3.63) is 18.2 Å². The molecule has 3 rings (SSSR count). The van der Waals surface area contributed by atoms with E-state index in [1.54, 1.807) is 6.07 Å². The van der Waals surface area contributed by atoms with Crippen molar-refractivity contribution in [3.63, 3.8) is 0 Å². The van der Waals surface area contributed by atoms with Gasteiger partial charge in [0.15, 0.2) is 11.5 Å². The monoisotopic (exact) mass is 355 g/mol. The van der Waals surface area contributed by atoms with Crippen molar-refractivity contribution < 1.29 is 27.4 Å². The highest BCUT2D eigenvalue weighted by Gasteiger charge is 2.38. The highest BCUT2D eigenvalue weighted by atomic mass is 32.2. The van der Waals surface area contributed by atoms with E-state index >= 15 is 0 Å². The third-order valence-corrected chi connectivity index (χ3v) is 6.16. The number of ether oxygens (including phenoxy) is 3. The molecule has 1 aromatic rings. The third kappa shape index (κ3) is 3.21. The summed E-state index contributed by atoms with van der Waals surface area (Å²) in [6.07, 6.45) is 2.73. The van der Waals surface area contributed by atoms with Gasteiger partial charge >= 0.3 is 5.97 Å². The van der Waals surface area contributed by atoms with E-state index in [-0.39, 0.29) is 4.90 Å². The van der Waals surface area contributed by atoms with Crippen LogP contribution in [0.25, 0.3) is 0 Å². The fraction of sp³-hybridized carbons (Fsp3) is 0.562. The van der Waals surface area contributed by atoms with Crippen LogP contribution >= 0.6 is 0 Å². The van der Waals surface area contributed by atoms with Crippen LogP contribution in [-0.2, 0) is 19.6 Å². The van der Waals surface area contributed by atoms with Crippen molar-refractivity contribution in [3.8, 4) is 11.5 Å². The summed E-state index contributed by atoms with van der Waals surface area (Å²) in [6, 6.07) is 3.79. The SMILES string of the molecule is COC(=O)[C@H]1CCCCN1S(=O)(=O)c1ccc2c(c1)OCCCO2. The zero-order valence-electron chi connectivity index (χ0n) is 13.6. The largest absolute Gasteiger partial charge is 0.490 e. The van der Waals surface area contributed by atoms with E-state index < -0.39 is 22.0 Å². The van der Waals surface area contributed by atoms with Gasteiger partial charge in [0.2, 0.25) is 10.0 Å². The Balaban J connectivity index is 1.94. The second kappa shape index (κ2) is 6.98. The summed E-state index contributed by atoms with van der Waals surface area (Å²) in [7, 11) is -2.54. The maximum absolute atomic E-state index is 13.0. The van der Waals surface area contributed by atoms with E-state index in [9.17, 15) is 13.2 Å². The molecule has 0 unspecified atom stereocenters. The number of carbonyl (C=O) groups is 1. The second-order valence-electron chi connectivity index (χ2n) is 5.81. The zero-order chi connectivity index (χ0) is 17.2. The molecule has 2 aliphatic rings. The van der Waals surface area contributed by atoms with Gasteiger partial charge in [-0.05, 0) is 31.4 Å². The lowest BCUT2D eigenvalue weighted by Crippen LogP contribution is -2.48. The number of rotatable bonds is 3. The average molecular weight is 355 g/mol. The highest BCUT2D eigenvalue weighted by molar-refractivity contribution is 7.89. The van der Waals surface area contributed by atoms with E-state index in [0.29, 0.717) is 37.7 Å². The Morgan fingerprint density at radius 2 is 1.92 bits per heavy atom. The molecule has 24 heavy (non-hydrogen) atoms. The Bertz CT molecular complexity index is 717. The molecular weight excluding hydrogens is 334 g/mol. The molecule has 132 valence electrons. The van der Waals surface area contributed by atoms with Crippen LogP contribution < -0.4 is 9.47 Å². The zero-order valence-corrected chi connectivity index (χ0v) is 14.4. The van der Waals surface area contributed by atoms with Crippen molar-refractivity contribution in [1.82, 2.24) is 4.31 Å². The second-order valence-corrected chi connectivity index (χ2v) is 7.70. The van der Waals surface area contributed by atoms with Crippen molar-refractivity contribution in [2.75, 3.05) is 26.9 Å². The van der Waals surface area contributed by atoms with Crippen molar-refractivity contribution in [1.29, 1.82) is 0 Å². The van der Waals surface area contributed by atoms with E-state index in [1.165, 1.54) is 23.5 Å². The molecule has 1 atom stereocenters. The molecule has 7 nitrogen and oxygen atoms in total. The van der Waals surface area contributed by atoms with Gasteiger partial charge in [0.05, 0.1) is 25.2 Å². The Kier molecular flexibility index (Phi) is 4.96. The predicted octanol–water partition coefficient (Wildman–Crippen LogP) is 1.56. The summed E-state index contributed by atoms with van der Waals surface area (Å²) in [4.78, 5) is 12.1. The highest BCUT2D eigenvalue weighted by Crippen LogP contribution is 2.34. The summed E-state index contributed by atoms with van der Waals surface area (Å²) in [5, 5.41) is 0. The van der Waals surface area contributed by atoms with E-state index in [0.717, 1.165) is 19.3 Å². The number of hydrogen-bond donors (Lipinski definition) is 0. The number of carbonyl (C=O) groups excluding carboxylic acids is 1. The quantitative estimate of drug-likeness (QED) is 0.766. The number of nitrogens with zero attached hydrogens (tertiary/aromatic N) is 1. The van der Waals surface area contributed by atoms with Gasteiger partial charge < -0.3 is 14.2 Å². The van der Waals surface area contributed by atoms with Gasteiger partial charge in [-0.25, -0.2) is 8.42 Å². The predicted molar refractivity (Wildman–Crippen MR) is 85.6 cm³/mol. The molecule has 1 aromatic carbocycles. The van der Waals surface area contributed by atoms with Crippen LogP contribution in [0.2, 0.25) is 0 Å². The minimum atomic E-state index is -3.81. The molecule has 2 aliphatic heterocycles. The lowest BCUT2D eigenvalue weighted by Gasteiger charge is -2.32. The van der Waals surface area contributed by atoms with Gasteiger partial charge in [-0.15, -0.1) is 0 Å². The van der Waals surface area contributed by atoms with E-state index in [2.05, 4.69) is 0 Å². The van der Waals surface area contributed by atoms with Crippen LogP contribution in [0.5, 0.6) is 11.5 Å². The van der Waals surface area contributed by atoms with Gasteiger partial charge in [-0.2, -0.15) is 4.31 Å². The molecule has 0 radical (unpaired) electrons. The summed E-state index contributed by atoms with van der Waals surface area (Å²) in [5.74, 6) is 0.433. The first-order valence-electron chi connectivity index (χ1n) is 8.03. The number of hydrogen-bond acceptors (Lipinski definition) is 6. The number of benzene rings is 1. The molecule has 1 fully saturated rings. The Hall–Kier alpha value is -1.80. The minimum Gasteiger partial charge on any atom is -0.490 e. The molecule has 2 heterocycles. The Morgan fingerprint density at radius 1 is 1.17 bits per heavy atom. The lowest BCUT2D eigenvalue weighted by atomic mass is 10.1. The summed E-state index contributed by atoms with van der Waals surface area (Å²) >= 11 is 0.